The third kappa shape index (κ3) is 3.39. The number of alkyl halides is 3. The van der Waals surface area contributed by atoms with Crippen LogP contribution < -0.4 is 15.0 Å². The third-order valence-electron chi connectivity index (χ3n) is 5.14. The Hall–Kier alpha value is -2.41. The van der Waals surface area contributed by atoms with Crippen LogP contribution in [0.5, 0.6) is 11.5 Å². The fraction of sp³-hybridized carbons (Fsp3) is 0.350. The van der Waals surface area contributed by atoms with E-state index in [2.05, 4.69) is 5.32 Å². The minimum Gasteiger partial charge on any atom is -0.455 e. The number of rotatable bonds is 1. The highest BCUT2D eigenvalue weighted by molar-refractivity contribution is 6.31. The molecule has 1 amide bonds. The summed E-state index contributed by atoms with van der Waals surface area (Å²) in [5.74, 6) is -0.768. The summed E-state index contributed by atoms with van der Waals surface area (Å²) in [6.07, 6.45) is -3.86. The van der Waals surface area contributed by atoms with Crippen LogP contribution in [-0.2, 0) is 4.79 Å². The molecular weight excluding hydrogens is 393 g/mol. The van der Waals surface area contributed by atoms with Gasteiger partial charge in [0.1, 0.15) is 5.75 Å². The van der Waals surface area contributed by atoms with Crippen molar-refractivity contribution in [3.05, 3.63) is 52.5 Å². The Morgan fingerprint density at radius 3 is 2.75 bits per heavy atom. The Morgan fingerprint density at radius 1 is 1.21 bits per heavy atom. The minimum atomic E-state index is -4.93. The Kier molecular flexibility index (Phi) is 4.65. The van der Waals surface area contributed by atoms with Crippen LogP contribution in [0.25, 0.3) is 0 Å². The van der Waals surface area contributed by atoms with Gasteiger partial charge in [-0.1, -0.05) is 23.7 Å². The van der Waals surface area contributed by atoms with E-state index in [9.17, 15) is 18.0 Å². The molecule has 2 aliphatic rings. The van der Waals surface area contributed by atoms with Crippen LogP contribution in [0, 0.1) is 6.92 Å². The van der Waals surface area contributed by atoms with E-state index in [1.807, 2.05) is 30.0 Å². The molecule has 0 saturated carbocycles. The molecule has 0 radical (unpaired) electrons. The summed E-state index contributed by atoms with van der Waals surface area (Å²) >= 11 is 6.18. The van der Waals surface area contributed by atoms with Gasteiger partial charge < -0.3 is 15.0 Å². The molecule has 28 heavy (non-hydrogen) atoms. The lowest BCUT2D eigenvalue weighted by atomic mass is 9.89. The molecule has 2 atom stereocenters. The van der Waals surface area contributed by atoms with Crippen molar-refractivity contribution >= 4 is 23.2 Å². The summed E-state index contributed by atoms with van der Waals surface area (Å²) in [6, 6.07) is 9.61. The van der Waals surface area contributed by atoms with Gasteiger partial charge in [-0.3, -0.25) is 4.79 Å². The number of anilines is 1. The van der Waals surface area contributed by atoms with Crippen LogP contribution in [0.2, 0.25) is 5.02 Å². The van der Waals surface area contributed by atoms with Gasteiger partial charge in [-0.25, -0.2) is 0 Å². The summed E-state index contributed by atoms with van der Waals surface area (Å²) in [4.78, 5) is 13.6. The molecule has 1 saturated heterocycles. The quantitative estimate of drug-likeness (QED) is 0.707. The normalized spacial score (nSPS) is 21.0. The predicted molar refractivity (Wildman–Crippen MR) is 100 cm³/mol. The average molecular weight is 411 g/mol. The second-order valence-corrected chi connectivity index (χ2v) is 7.55. The second-order valence-electron chi connectivity index (χ2n) is 7.11. The number of amides is 1. The van der Waals surface area contributed by atoms with Gasteiger partial charge in [0.25, 0.3) is 0 Å². The molecule has 2 aromatic carbocycles. The zero-order chi connectivity index (χ0) is 20.1. The lowest BCUT2D eigenvalue weighted by Crippen LogP contribution is -2.52. The van der Waals surface area contributed by atoms with Crippen LogP contribution in [0.15, 0.2) is 36.4 Å². The third-order valence-corrected chi connectivity index (χ3v) is 5.38. The molecule has 0 spiro atoms. The van der Waals surface area contributed by atoms with Crippen molar-refractivity contribution in [1.82, 2.24) is 5.32 Å². The van der Waals surface area contributed by atoms with Gasteiger partial charge in [0.15, 0.2) is 5.75 Å². The zero-order valence-corrected chi connectivity index (χ0v) is 15.8. The lowest BCUT2D eigenvalue weighted by molar-refractivity contribution is -0.174. The van der Waals surface area contributed by atoms with Gasteiger partial charge in [-0.2, -0.15) is 13.2 Å². The van der Waals surface area contributed by atoms with Crippen LogP contribution >= 0.6 is 11.6 Å². The summed E-state index contributed by atoms with van der Waals surface area (Å²) in [5, 5.41) is 2.70. The molecule has 0 aliphatic carbocycles. The maximum Gasteiger partial charge on any atom is 0.471 e. The maximum absolute atomic E-state index is 12.9. The molecule has 0 unspecified atom stereocenters. The van der Waals surface area contributed by atoms with Gasteiger partial charge in [0.05, 0.1) is 17.8 Å². The number of nitrogens with zero attached hydrogens (tertiary/aromatic N) is 1. The van der Waals surface area contributed by atoms with E-state index in [0.717, 1.165) is 11.1 Å². The molecule has 2 heterocycles. The number of ether oxygens (including phenoxy) is 1. The Balaban J connectivity index is 1.83. The predicted octanol–water partition coefficient (Wildman–Crippen LogP) is 5.14. The summed E-state index contributed by atoms with van der Waals surface area (Å²) < 4.78 is 44.8. The molecule has 1 fully saturated rings. The molecule has 148 valence electrons. The van der Waals surface area contributed by atoms with Gasteiger partial charge in [0, 0.05) is 17.1 Å². The van der Waals surface area contributed by atoms with E-state index in [4.69, 9.17) is 16.3 Å². The van der Waals surface area contributed by atoms with Crippen molar-refractivity contribution in [3.8, 4) is 11.5 Å². The van der Waals surface area contributed by atoms with Gasteiger partial charge in [-0.05, 0) is 49.6 Å². The SMILES string of the molecule is Cc1ccc2c(c1)Oc1ccc(Cl)cc1N1CCC[C@H](NC(=O)C(F)(F)F)[C@@H]21. The molecule has 0 aromatic heterocycles. The van der Waals surface area contributed by atoms with Crippen molar-refractivity contribution in [3.63, 3.8) is 0 Å². The Morgan fingerprint density at radius 2 is 2.00 bits per heavy atom. The molecule has 4 rings (SSSR count). The zero-order valence-electron chi connectivity index (χ0n) is 15.0. The number of hydrogen-bond donors (Lipinski definition) is 1. The number of carbonyl (C=O) groups is 1. The van der Waals surface area contributed by atoms with Crippen molar-refractivity contribution in [2.24, 2.45) is 0 Å². The number of halogens is 4. The topological polar surface area (TPSA) is 41.6 Å². The average Bonchev–Trinajstić information content (AvgIpc) is 2.75. The molecule has 4 nitrogen and oxygen atoms in total. The Bertz CT molecular complexity index is 932. The van der Waals surface area contributed by atoms with Gasteiger partial charge in [-0.15, -0.1) is 0 Å². The maximum atomic E-state index is 12.9. The standard InChI is InChI=1S/C20H18ClF3N2O2/c1-11-4-6-13-17(9-11)28-16-7-5-12(21)10-15(16)26-8-2-3-14(18(13)26)25-19(27)20(22,23)24/h4-7,9-10,14,18H,2-3,8H2,1H3,(H,25,27)/t14-,18+/m0/s1. The minimum absolute atomic E-state index is 0.437. The smallest absolute Gasteiger partial charge is 0.455 e. The number of aryl methyl sites for hydroxylation is 1. The fourth-order valence-electron chi connectivity index (χ4n) is 3.95. The van der Waals surface area contributed by atoms with Crippen molar-refractivity contribution < 1.29 is 22.7 Å². The number of fused-ring (bicyclic) bond motifs is 5. The first-order chi connectivity index (χ1) is 13.2. The summed E-state index contributed by atoms with van der Waals surface area (Å²) in [7, 11) is 0. The number of piperidine rings is 1. The van der Waals surface area contributed by atoms with E-state index in [0.29, 0.717) is 41.6 Å². The van der Waals surface area contributed by atoms with Crippen LogP contribution in [-0.4, -0.2) is 24.7 Å². The number of benzene rings is 2. The van der Waals surface area contributed by atoms with Crippen molar-refractivity contribution in [2.75, 3.05) is 11.4 Å². The van der Waals surface area contributed by atoms with E-state index in [1.54, 1.807) is 18.2 Å². The molecular formula is C20H18ClF3N2O2. The first-order valence-corrected chi connectivity index (χ1v) is 9.34. The summed E-state index contributed by atoms with van der Waals surface area (Å²) in [5.41, 5.74) is 2.41. The lowest BCUT2D eigenvalue weighted by Gasteiger charge is -2.42. The largest absolute Gasteiger partial charge is 0.471 e. The first kappa shape index (κ1) is 18.9. The number of nitrogens with one attached hydrogen (secondary N) is 1. The highest BCUT2D eigenvalue weighted by Crippen LogP contribution is 2.48. The first-order valence-electron chi connectivity index (χ1n) is 8.96. The van der Waals surface area contributed by atoms with E-state index in [-0.39, 0.29) is 0 Å². The molecule has 8 heteroatoms. The summed E-state index contributed by atoms with van der Waals surface area (Å²) in [6.45, 7) is 2.53. The highest BCUT2D eigenvalue weighted by Gasteiger charge is 2.44. The Labute approximate surface area is 165 Å². The highest BCUT2D eigenvalue weighted by atomic mass is 35.5. The second kappa shape index (κ2) is 6.88. The fourth-order valence-corrected chi connectivity index (χ4v) is 4.11. The van der Waals surface area contributed by atoms with Gasteiger partial charge >= 0.3 is 12.1 Å². The van der Waals surface area contributed by atoms with Crippen LogP contribution in [0.1, 0.15) is 30.0 Å². The molecule has 2 aromatic rings. The number of carbonyl (C=O) groups excluding carboxylic acids is 1. The van der Waals surface area contributed by atoms with E-state index >= 15 is 0 Å². The monoisotopic (exact) mass is 410 g/mol. The van der Waals surface area contributed by atoms with Crippen molar-refractivity contribution in [2.45, 2.75) is 38.0 Å². The number of hydrogen-bond acceptors (Lipinski definition) is 3. The van der Waals surface area contributed by atoms with E-state index < -0.39 is 24.2 Å². The molecule has 2 aliphatic heterocycles. The molecule has 1 N–H and O–H groups in total. The molecule has 0 bridgehead atoms. The van der Waals surface area contributed by atoms with E-state index in [1.165, 1.54) is 0 Å². The van der Waals surface area contributed by atoms with Crippen LogP contribution in [0.3, 0.4) is 0 Å². The van der Waals surface area contributed by atoms with Crippen LogP contribution in [0.4, 0.5) is 18.9 Å². The van der Waals surface area contributed by atoms with Crippen molar-refractivity contribution in [1.29, 1.82) is 0 Å². The van der Waals surface area contributed by atoms with Gasteiger partial charge in [0.2, 0.25) is 0 Å².